The highest BCUT2D eigenvalue weighted by Gasteiger charge is 1.72. The van der Waals surface area contributed by atoms with Crippen molar-refractivity contribution in [1.82, 2.24) is 0 Å². The lowest BCUT2D eigenvalue weighted by molar-refractivity contribution is 0.569. The van der Waals surface area contributed by atoms with Gasteiger partial charge in [-0.15, -0.1) is 0 Å². The summed E-state index contributed by atoms with van der Waals surface area (Å²) in [5, 5.41) is 0. The van der Waals surface area contributed by atoms with E-state index in [-0.39, 0.29) is 4.49 Å². The van der Waals surface area contributed by atoms with E-state index in [0.717, 1.165) is 6.42 Å². The van der Waals surface area contributed by atoms with Gasteiger partial charge in [0.2, 0.25) is 0 Å². The molecule has 0 aliphatic heterocycles. The first-order valence-corrected chi connectivity index (χ1v) is 3.40. The van der Waals surface area contributed by atoms with Gasteiger partial charge in [0, 0.05) is 0 Å². The lowest BCUT2D eigenvalue weighted by atomic mass is 10.5. The summed E-state index contributed by atoms with van der Waals surface area (Å²) in [7, 11) is 0. The van der Waals surface area contributed by atoms with Gasteiger partial charge in [-0.1, -0.05) is 47.5 Å². The zero-order valence-electron chi connectivity index (χ0n) is 5.18. The summed E-state index contributed by atoms with van der Waals surface area (Å²) in [4.78, 5) is 9.08. The molecule has 1 nitrogen and oxygen atoms in total. The summed E-state index contributed by atoms with van der Waals surface area (Å²) in [5.41, 5.74) is 0. The van der Waals surface area contributed by atoms with Crippen LogP contribution >= 0.6 is 23.2 Å². The number of allylic oxidation sites excluding steroid dienone is 4. The second-order valence-corrected chi connectivity index (χ2v) is 2.40. The van der Waals surface area contributed by atoms with Crippen molar-refractivity contribution in [2.45, 2.75) is 6.42 Å². The molecule has 0 saturated heterocycles. The minimum Gasteiger partial charge on any atom is -0.231 e. The van der Waals surface area contributed by atoms with E-state index in [1.165, 1.54) is 5.94 Å². The van der Waals surface area contributed by atoms with Crippen molar-refractivity contribution in [3.8, 4) is 0 Å². The first-order chi connectivity index (χ1) is 4.77. The highest BCUT2D eigenvalue weighted by Crippen LogP contribution is 1.97. The van der Waals surface area contributed by atoms with Crippen LogP contribution in [-0.2, 0) is 4.79 Å². The molecule has 0 radical (unpaired) electrons. The Labute approximate surface area is 69.6 Å². The van der Waals surface area contributed by atoms with Crippen LogP contribution < -0.4 is 0 Å². The Balaban J connectivity index is 0.000000162. The summed E-state index contributed by atoms with van der Waals surface area (Å²) >= 11 is 9.44. The van der Waals surface area contributed by atoms with Crippen LogP contribution in [0.15, 0.2) is 28.8 Å². The van der Waals surface area contributed by atoms with Gasteiger partial charge in [0.05, 0.1) is 0 Å². The number of hydrogen-bond donors (Lipinski definition) is 0. The van der Waals surface area contributed by atoms with E-state index in [9.17, 15) is 0 Å². The van der Waals surface area contributed by atoms with Gasteiger partial charge in [-0.2, -0.15) is 0 Å². The van der Waals surface area contributed by atoms with Crippen molar-refractivity contribution < 1.29 is 4.79 Å². The Morgan fingerprint density at radius 3 is 1.80 bits per heavy atom. The molecule has 0 fully saturated rings. The molecular weight excluding hydrogens is 171 g/mol. The highest BCUT2D eigenvalue weighted by atomic mass is 35.5. The number of hydrogen-bond acceptors (Lipinski definition) is 1. The molecule has 0 amide bonds. The maximum Gasteiger partial charge on any atom is 0.190 e. The molecule has 3 heteroatoms. The fraction of sp³-hybridized carbons (Fsp3) is 0.143. The summed E-state index contributed by atoms with van der Waals surface area (Å²) in [6.45, 7) is 0. The second kappa shape index (κ2) is 6.63. The van der Waals surface area contributed by atoms with Crippen molar-refractivity contribution in [1.29, 1.82) is 0 Å². The molecule has 1 aliphatic rings. The molecule has 54 valence electrons. The molecule has 0 unspecified atom stereocenters. The quantitative estimate of drug-likeness (QED) is 0.519. The Hall–Kier alpha value is -0.490. The topological polar surface area (TPSA) is 17.1 Å². The van der Waals surface area contributed by atoms with Crippen molar-refractivity contribution >= 4 is 29.1 Å². The molecule has 0 aromatic rings. The molecular formula is C7H6Cl2O. The third kappa shape index (κ3) is 7.51. The van der Waals surface area contributed by atoms with E-state index in [0.29, 0.717) is 0 Å². The Morgan fingerprint density at radius 1 is 1.30 bits per heavy atom. The monoisotopic (exact) mass is 176 g/mol. The average molecular weight is 177 g/mol. The van der Waals surface area contributed by atoms with Crippen molar-refractivity contribution in [3.05, 3.63) is 28.8 Å². The third-order valence-corrected chi connectivity index (χ3v) is 0.887. The van der Waals surface area contributed by atoms with Crippen molar-refractivity contribution in [2.24, 2.45) is 0 Å². The number of halogens is 2. The molecule has 0 heterocycles. The van der Waals surface area contributed by atoms with Crippen molar-refractivity contribution in [2.75, 3.05) is 0 Å². The fourth-order valence-corrected chi connectivity index (χ4v) is 0.393. The summed E-state index contributed by atoms with van der Waals surface area (Å²) < 4.78 is -0.356. The van der Waals surface area contributed by atoms with Crippen LogP contribution in [0.1, 0.15) is 6.42 Å². The average Bonchev–Trinajstić information content (AvgIpc) is 2.43. The van der Waals surface area contributed by atoms with E-state index < -0.39 is 0 Å². The van der Waals surface area contributed by atoms with Crippen molar-refractivity contribution in [3.63, 3.8) is 0 Å². The van der Waals surface area contributed by atoms with E-state index >= 15 is 0 Å². The fourth-order valence-electron chi connectivity index (χ4n) is 0.393. The van der Waals surface area contributed by atoms with Crippen LogP contribution in [0.2, 0.25) is 0 Å². The lowest BCUT2D eigenvalue weighted by Crippen LogP contribution is -1.43. The van der Waals surface area contributed by atoms with Gasteiger partial charge in [-0.3, -0.25) is 0 Å². The molecule has 0 saturated carbocycles. The SMILES string of the molecule is C1=CCC=C1.O=C=C(Cl)Cl. The molecule has 1 rings (SSSR count). The number of carbonyl (C=O) groups excluding carboxylic acids is 1. The first kappa shape index (κ1) is 9.51. The van der Waals surface area contributed by atoms with E-state index in [1.54, 1.807) is 0 Å². The maximum absolute atomic E-state index is 9.08. The summed E-state index contributed by atoms with van der Waals surface area (Å²) in [6, 6.07) is 0. The molecule has 0 atom stereocenters. The Kier molecular flexibility index (Phi) is 6.30. The van der Waals surface area contributed by atoms with Gasteiger partial charge >= 0.3 is 0 Å². The second-order valence-electron chi connectivity index (χ2n) is 1.45. The van der Waals surface area contributed by atoms with Gasteiger partial charge < -0.3 is 0 Å². The summed E-state index contributed by atoms with van der Waals surface area (Å²) in [5.74, 6) is 1.23. The van der Waals surface area contributed by atoms with Gasteiger partial charge in [0.25, 0.3) is 0 Å². The largest absolute Gasteiger partial charge is 0.231 e. The minimum absolute atomic E-state index is 0.356. The van der Waals surface area contributed by atoms with Gasteiger partial charge in [0.15, 0.2) is 10.4 Å². The Bertz CT molecular complexity index is 174. The van der Waals surface area contributed by atoms with Gasteiger partial charge in [0.1, 0.15) is 0 Å². The lowest BCUT2D eigenvalue weighted by Gasteiger charge is -1.57. The highest BCUT2D eigenvalue weighted by molar-refractivity contribution is 6.59. The predicted molar refractivity (Wildman–Crippen MR) is 43.8 cm³/mol. The molecule has 0 bridgehead atoms. The Morgan fingerprint density at radius 2 is 1.70 bits per heavy atom. The third-order valence-electron chi connectivity index (χ3n) is 0.733. The normalized spacial score (nSPS) is 11.8. The molecule has 0 N–H and O–H groups in total. The van der Waals surface area contributed by atoms with Crippen LogP contribution in [0.5, 0.6) is 0 Å². The van der Waals surface area contributed by atoms with E-state index in [2.05, 4.69) is 24.3 Å². The smallest absolute Gasteiger partial charge is 0.190 e. The molecule has 0 spiro atoms. The standard InChI is InChI=1S/C5H6.C2Cl2O/c1-2-4-5-3-1;3-2(4)1-5/h1-4H,5H2;. The van der Waals surface area contributed by atoms with Crippen LogP contribution in [-0.4, -0.2) is 5.94 Å². The van der Waals surface area contributed by atoms with E-state index in [1.807, 2.05) is 0 Å². The van der Waals surface area contributed by atoms with Crippen LogP contribution in [0.25, 0.3) is 0 Å². The van der Waals surface area contributed by atoms with Crippen LogP contribution in [0.3, 0.4) is 0 Å². The molecule has 10 heavy (non-hydrogen) atoms. The van der Waals surface area contributed by atoms with Gasteiger partial charge in [-0.05, 0) is 6.42 Å². The first-order valence-electron chi connectivity index (χ1n) is 2.65. The van der Waals surface area contributed by atoms with Crippen LogP contribution in [0.4, 0.5) is 0 Å². The minimum atomic E-state index is -0.356. The zero-order chi connectivity index (χ0) is 7.82. The predicted octanol–water partition coefficient (Wildman–Crippen LogP) is 2.64. The summed E-state index contributed by atoms with van der Waals surface area (Å²) in [6.07, 6.45) is 9.50. The number of rotatable bonds is 0. The molecule has 0 aromatic heterocycles. The molecule has 1 aliphatic carbocycles. The maximum atomic E-state index is 9.08. The molecule has 0 aromatic carbocycles. The van der Waals surface area contributed by atoms with E-state index in [4.69, 9.17) is 28.0 Å². The van der Waals surface area contributed by atoms with Gasteiger partial charge in [-0.25, -0.2) is 4.79 Å². The van der Waals surface area contributed by atoms with Crippen LogP contribution in [0, 0.1) is 0 Å². The zero-order valence-corrected chi connectivity index (χ0v) is 6.69.